The molecule has 1 saturated heterocycles. The molecule has 1 fully saturated rings. The summed E-state index contributed by atoms with van der Waals surface area (Å²) in [5, 5.41) is 9.42. The number of ether oxygens (including phenoxy) is 1. The minimum atomic E-state index is -4.46. The molecule has 3 aromatic rings. The number of methoxy groups -OCH3 is 1. The van der Waals surface area contributed by atoms with E-state index in [1.807, 2.05) is 11.8 Å². The van der Waals surface area contributed by atoms with E-state index < -0.39 is 24.9 Å². The van der Waals surface area contributed by atoms with Gasteiger partial charge in [-0.15, -0.1) is 0 Å². The summed E-state index contributed by atoms with van der Waals surface area (Å²) in [6.45, 7) is 2.75. The smallest absolute Gasteiger partial charge is 0.406 e. The standard InChI is InChI=1S/C29H33F4N5O2/c1-4-37-14-12-24(22(30)17-37)36-23-8-5-9-26-21(23)16-20(38(26)18-29(31,32)33)7-6-13-35-25-11-10-19(28(39)34-2)15-27(25)40-3/h5,8-11,15-16,22,24,35-36H,4,12-14,17-18H2,1-3H3,(H,34,39)/t22-,24+/m0/s1. The van der Waals surface area contributed by atoms with Gasteiger partial charge < -0.3 is 30.2 Å². The highest BCUT2D eigenvalue weighted by atomic mass is 19.4. The maximum atomic E-state index is 14.8. The Hall–Kier alpha value is -3.91. The van der Waals surface area contributed by atoms with Crippen LogP contribution in [0.2, 0.25) is 0 Å². The molecule has 3 N–H and O–H groups in total. The van der Waals surface area contributed by atoms with Crippen molar-refractivity contribution >= 4 is 28.2 Å². The van der Waals surface area contributed by atoms with E-state index in [0.29, 0.717) is 46.6 Å². The number of likely N-dealkylation sites (tertiary alicyclic amines) is 1. The van der Waals surface area contributed by atoms with Gasteiger partial charge in [-0.3, -0.25) is 4.79 Å². The summed E-state index contributed by atoms with van der Waals surface area (Å²) < 4.78 is 61.9. The Labute approximate surface area is 230 Å². The van der Waals surface area contributed by atoms with Crippen LogP contribution in [-0.2, 0) is 6.54 Å². The summed E-state index contributed by atoms with van der Waals surface area (Å²) in [4.78, 5) is 13.9. The lowest BCUT2D eigenvalue weighted by molar-refractivity contribution is -0.140. The first kappa shape index (κ1) is 29.1. The van der Waals surface area contributed by atoms with Crippen molar-refractivity contribution < 1.29 is 27.1 Å². The highest BCUT2D eigenvalue weighted by molar-refractivity contribution is 5.95. The third kappa shape index (κ3) is 6.80. The number of carbonyl (C=O) groups excluding carboxylic acids is 1. The number of rotatable bonds is 8. The summed E-state index contributed by atoms with van der Waals surface area (Å²) in [5.74, 6) is 5.92. The van der Waals surface area contributed by atoms with E-state index in [-0.39, 0.29) is 18.1 Å². The highest BCUT2D eigenvalue weighted by Gasteiger charge is 2.31. The van der Waals surface area contributed by atoms with Crippen LogP contribution >= 0.6 is 0 Å². The number of alkyl halides is 4. The predicted octanol–water partition coefficient (Wildman–Crippen LogP) is 4.88. The lowest BCUT2D eigenvalue weighted by atomic mass is 10.0. The molecule has 1 aromatic heterocycles. The zero-order valence-corrected chi connectivity index (χ0v) is 22.7. The van der Waals surface area contributed by atoms with Crippen molar-refractivity contribution in [2.75, 3.05) is 51.0 Å². The average Bonchev–Trinajstić information content (AvgIpc) is 3.28. The molecule has 0 spiro atoms. The Kier molecular flexibility index (Phi) is 9.10. The number of carbonyl (C=O) groups is 1. The molecule has 2 atom stereocenters. The minimum absolute atomic E-state index is 0.119. The molecule has 1 aliphatic rings. The van der Waals surface area contributed by atoms with E-state index in [1.165, 1.54) is 14.2 Å². The second-order valence-electron chi connectivity index (χ2n) is 9.57. The largest absolute Gasteiger partial charge is 0.495 e. The number of anilines is 2. The van der Waals surface area contributed by atoms with Gasteiger partial charge >= 0.3 is 6.18 Å². The Morgan fingerprint density at radius 2 is 1.98 bits per heavy atom. The predicted molar refractivity (Wildman–Crippen MR) is 149 cm³/mol. The highest BCUT2D eigenvalue weighted by Crippen LogP contribution is 2.32. The van der Waals surface area contributed by atoms with Crippen LogP contribution in [0.3, 0.4) is 0 Å². The number of nitrogens with one attached hydrogen (secondary N) is 3. The molecule has 0 aliphatic carbocycles. The molecule has 214 valence electrons. The number of aromatic nitrogens is 1. The van der Waals surface area contributed by atoms with Gasteiger partial charge in [-0.25, -0.2) is 4.39 Å². The van der Waals surface area contributed by atoms with Gasteiger partial charge in [-0.1, -0.05) is 18.9 Å². The molecule has 7 nitrogen and oxygen atoms in total. The molecule has 1 aliphatic heterocycles. The van der Waals surface area contributed by atoms with Gasteiger partial charge in [0.05, 0.1) is 36.6 Å². The van der Waals surface area contributed by atoms with Crippen molar-refractivity contribution in [3.8, 4) is 17.6 Å². The molecule has 0 bridgehead atoms. The van der Waals surface area contributed by atoms with E-state index in [1.54, 1.807) is 42.5 Å². The number of hydrogen-bond acceptors (Lipinski definition) is 5. The second-order valence-corrected chi connectivity index (χ2v) is 9.57. The van der Waals surface area contributed by atoms with Crippen molar-refractivity contribution in [3.05, 3.63) is 53.7 Å². The van der Waals surface area contributed by atoms with Crippen LogP contribution in [0.1, 0.15) is 29.4 Å². The van der Waals surface area contributed by atoms with Gasteiger partial charge in [0.15, 0.2) is 0 Å². The topological polar surface area (TPSA) is 70.6 Å². The van der Waals surface area contributed by atoms with Crippen molar-refractivity contribution in [2.45, 2.75) is 38.3 Å². The number of amides is 1. The number of hydrogen-bond donors (Lipinski definition) is 3. The van der Waals surface area contributed by atoms with Crippen LogP contribution in [0.25, 0.3) is 10.9 Å². The summed E-state index contributed by atoms with van der Waals surface area (Å²) in [5.41, 5.74) is 2.15. The molecule has 2 heterocycles. The van der Waals surface area contributed by atoms with Crippen LogP contribution in [0.5, 0.6) is 5.75 Å². The molecule has 0 unspecified atom stereocenters. The second kappa shape index (κ2) is 12.5. The molecular weight excluding hydrogens is 526 g/mol. The molecule has 2 aromatic carbocycles. The Balaban J connectivity index is 1.58. The van der Waals surface area contributed by atoms with Crippen molar-refractivity contribution in [2.24, 2.45) is 0 Å². The van der Waals surface area contributed by atoms with E-state index in [0.717, 1.165) is 17.7 Å². The molecule has 4 rings (SSSR count). The quantitative estimate of drug-likeness (QED) is 0.271. The lowest BCUT2D eigenvalue weighted by Crippen LogP contribution is -2.47. The molecule has 40 heavy (non-hydrogen) atoms. The Morgan fingerprint density at radius 1 is 1.18 bits per heavy atom. The van der Waals surface area contributed by atoms with Crippen molar-refractivity contribution in [3.63, 3.8) is 0 Å². The van der Waals surface area contributed by atoms with Gasteiger partial charge in [0.2, 0.25) is 0 Å². The normalized spacial score (nSPS) is 17.7. The third-order valence-corrected chi connectivity index (χ3v) is 6.97. The Bertz CT molecular complexity index is 1410. The van der Waals surface area contributed by atoms with Gasteiger partial charge in [0, 0.05) is 36.8 Å². The first-order chi connectivity index (χ1) is 19.1. The first-order valence-electron chi connectivity index (χ1n) is 13.1. The fourth-order valence-electron chi connectivity index (χ4n) is 4.88. The molecule has 1 amide bonds. The third-order valence-electron chi connectivity index (χ3n) is 6.97. The van der Waals surface area contributed by atoms with Gasteiger partial charge in [-0.05, 0) is 55.3 Å². The zero-order chi connectivity index (χ0) is 28.9. The monoisotopic (exact) mass is 559 g/mol. The SMILES string of the molecule is CCN1CC[C@@H](Nc2cccc3c2cc(C#CCNc2ccc(C(=O)NC)cc2OC)n3CC(F)(F)F)[C@@H](F)C1. The number of fused-ring (bicyclic) bond motifs is 1. The number of halogens is 4. The van der Waals surface area contributed by atoms with Gasteiger partial charge in [-0.2, -0.15) is 13.2 Å². The maximum absolute atomic E-state index is 14.8. The summed E-state index contributed by atoms with van der Waals surface area (Å²) >= 11 is 0. The lowest BCUT2D eigenvalue weighted by Gasteiger charge is -2.35. The van der Waals surface area contributed by atoms with Crippen LogP contribution < -0.4 is 20.7 Å². The van der Waals surface area contributed by atoms with E-state index in [4.69, 9.17) is 4.74 Å². The molecular formula is C29H33F4N5O2. The van der Waals surface area contributed by atoms with Crippen LogP contribution in [-0.4, -0.2) is 74.1 Å². The van der Waals surface area contributed by atoms with Crippen LogP contribution in [0.4, 0.5) is 28.9 Å². The van der Waals surface area contributed by atoms with E-state index >= 15 is 0 Å². The number of nitrogens with zero attached hydrogens (tertiary/aromatic N) is 2. The molecule has 0 saturated carbocycles. The minimum Gasteiger partial charge on any atom is -0.495 e. The van der Waals surface area contributed by atoms with Crippen LogP contribution in [0, 0.1) is 11.8 Å². The van der Waals surface area contributed by atoms with Crippen molar-refractivity contribution in [1.29, 1.82) is 0 Å². The van der Waals surface area contributed by atoms with Crippen molar-refractivity contribution in [1.82, 2.24) is 14.8 Å². The van der Waals surface area contributed by atoms with Gasteiger partial charge in [0.1, 0.15) is 18.5 Å². The summed E-state index contributed by atoms with van der Waals surface area (Å²) in [6.07, 6.45) is -4.95. The maximum Gasteiger partial charge on any atom is 0.406 e. The average molecular weight is 560 g/mol. The first-order valence-corrected chi connectivity index (χ1v) is 13.1. The zero-order valence-electron chi connectivity index (χ0n) is 22.7. The Morgan fingerprint density at radius 3 is 2.65 bits per heavy atom. The molecule has 11 heteroatoms. The van der Waals surface area contributed by atoms with E-state index in [2.05, 4.69) is 27.8 Å². The number of benzene rings is 2. The fraction of sp³-hybridized carbons (Fsp3) is 0.414. The van der Waals surface area contributed by atoms with Gasteiger partial charge in [0.25, 0.3) is 5.91 Å². The molecule has 0 radical (unpaired) electrons. The summed E-state index contributed by atoms with van der Waals surface area (Å²) in [6, 6.07) is 11.1. The van der Waals surface area contributed by atoms with E-state index in [9.17, 15) is 22.4 Å². The van der Waals surface area contributed by atoms with Crippen LogP contribution in [0.15, 0.2) is 42.5 Å². The summed E-state index contributed by atoms with van der Waals surface area (Å²) in [7, 11) is 3.00. The number of piperidine rings is 1. The fourth-order valence-corrected chi connectivity index (χ4v) is 4.88.